The first-order valence-corrected chi connectivity index (χ1v) is 7.65. The molecule has 4 nitrogen and oxygen atoms in total. The standard InChI is InChI=1S/C18H24N4/c1-20-17(15-10-6-7-11-16(15)19)12-18(21-2,22-3)14-9-5-4-8-13(14)17/h4-11,20-22H,12,19H2,1-3H3. The molecule has 0 radical (unpaired) electrons. The molecular formula is C18H24N4. The van der Waals surface area contributed by atoms with Gasteiger partial charge in [-0.1, -0.05) is 42.5 Å². The third kappa shape index (κ3) is 1.88. The third-order valence-corrected chi connectivity index (χ3v) is 5.08. The fourth-order valence-corrected chi connectivity index (χ4v) is 3.87. The molecule has 1 aliphatic carbocycles. The minimum Gasteiger partial charge on any atom is -0.398 e. The number of rotatable bonds is 4. The highest BCUT2D eigenvalue weighted by molar-refractivity contribution is 5.59. The number of hydrogen-bond acceptors (Lipinski definition) is 4. The number of nitrogens with two attached hydrogens (primary N) is 1. The number of fused-ring (bicyclic) bond motifs is 1. The molecule has 3 rings (SSSR count). The molecule has 0 bridgehead atoms. The van der Waals surface area contributed by atoms with Crippen LogP contribution < -0.4 is 21.7 Å². The van der Waals surface area contributed by atoms with Gasteiger partial charge >= 0.3 is 0 Å². The zero-order chi connectivity index (χ0) is 15.8. The molecule has 1 unspecified atom stereocenters. The predicted molar refractivity (Wildman–Crippen MR) is 91.6 cm³/mol. The molecule has 0 saturated carbocycles. The first-order chi connectivity index (χ1) is 10.6. The highest BCUT2D eigenvalue weighted by Crippen LogP contribution is 2.50. The highest BCUT2D eigenvalue weighted by Gasteiger charge is 2.51. The van der Waals surface area contributed by atoms with Crippen LogP contribution in [0.4, 0.5) is 5.69 Å². The van der Waals surface area contributed by atoms with E-state index in [1.54, 1.807) is 0 Å². The normalized spacial score (nSPS) is 22.5. The van der Waals surface area contributed by atoms with Gasteiger partial charge in [0.15, 0.2) is 0 Å². The molecule has 0 heterocycles. The Labute approximate surface area is 132 Å². The lowest BCUT2D eigenvalue weighted by Crippen LogP contribution is -2.52. The van der Waals surface area contributed by atoms with Crippen molar-refractivity contribution in [1.29, 1.82) is 0 Å². The third-order valence-electron chi connectivity index (χ3n) is 5.08. The minimum absolute atomic E-state index is 0.276. The van der Waals surface area contributed by atoms with Crippen LogP contribution in [-0.2, 0) is 11.2 Å². The summed E-state index contributed by atoms with van der Waals surface area (Å²) in [5.41, 5.74) is 10.2. The number of nitrogens with one attached hydrogen (secondary N) is 3. The Bertz CT molecular complexity index is 678. The first kappa shape index (κ1) is 15.0. The summed E-state index contributed by atoms with van der Waals surface area (Å²) in [6, 6.07) is 16.7. The monoisotopic (exact) mass is 296 g/mol. The zero-order valence-electron chi connectivity index (χ0n) is 13.4. The lowest BCUT2D eigenvalue weighted by molar-refractivity contribution is 0.245. The molecule has 0 amide bonds. The first-order valence-electron chi connectivity index (χ1n) is 7.65. The largest absolute Gasteiger partial charge is 0.398 e. The van der Waals surface area contributed by atoms with Crippen LogP contribution in [0.1, 0.15) is 23.1 Å². The fourth-order valence-electron chi connectivity index (χ4n) is 3.87. The van der Waals surface area contributed by atoms with Crippen molar-refractivity contribution in [2.45, 2.75) is 17.6 Å². The topological polar surface area (TPSA) is 62.1 Å². The van der Waals surface area contributed by atoms with Gasteiger partial charge in [-0.2, -0.15) is 0 Å². The molecule has 5 N–H and O–H groups in total. The van der Waals surface area contributed by atoms with Crippen LogP contribution in [0.15, 0.2) is 48.5 Å². The summed E-state index contributed by atoms with van der Waals surface area (Å²) in [6.07, 6.45) is 0.844. The fraction of sp³-hybridized carbons (Fsp3) is 0.333. The molecule has 22 heavy (non-hydrogen) atoms. The molecule has 1 aliphatic rings. The second-order valence-corrected chi connectivity index (χ2v) is 5.87. The summed E-state index contributed by atoms with van der Waals surface area (Å²) in [5.74, 6) is 0. The van der Waals surface area contributed by atoms with Crippen molar-refractivity contribution in [1.82, 2.24) is 16.0 Å². The van der Waals surface area contributed by atoms with E-state index < -0.39 is 0 Å². The lowest BCUT2D eigenvalue weighted by Gasteiger charge is -2.35. The minimum atomic E-state index is -0.312. The van der Waals surface area contributed by atoms with E-state index in [0.717, 1.165) is 17.7 Å². The van der Waals surface area contributed by atoms with Crippen LogP contribution >= 0.6 is 0 Å². The van der Waals surface area contributed by atoms with E-state index in [0.29, 0.717) is 0 Å². The van der Waals surface area contributed by atoms with Crippen LogP contribution in [0.25, 0.3) is 0 Å². The SMILES string of the molecule is CNC1(NC)CC(NC)(c2ccccc2N)c2ccccc21. The summed E-state index contributed by atoms with van der Waals surface area (Å²) in [6.45, 7) is 0. The van der Waals surface area contributed by atoms with Gasteiger partial charge in [0, 0.05) is 12.1 Å². The molecular weight excluding hydrogens is 272 g/mol. The molecule has 0 aliphatic heterocycles. The van der Waals surface area contributed by atoms with Gasteiger partial charge in [-0.3, -0.25) is 10.6 Å². The lowest BCUT2D eigenvalue weighted by atomic mass is 9.82. The second-order valence-electron chi connectivity index (χ2n) is 5.87. The summed E-state index contributed by atoms with van der Waals surface area (Å²) in [4.78, 5) is 0. The van der Waals surface area contributed by atoms with Gasteiger partial charge in [-0.05, 0) is 43.9 Å². The van der Waals surface area contributed by atoms with E-state index >= 15 is 0 Å². The Kier molecular flexibility index (Phi) is 3.68. The number of nitrogen functional groups attached to an aromatic ring is 1. The molecule has 2 aromatic rings. The highest BCUT2D eigenvalue weighted by atomic mass is 15.2. The molecule has 0 aromatic heterocycles. The van der Waals surface area contributed by atoms with Gasteiger partial charge in [0.1, 0.15) is 0 Å². The zero-order valence-corrected chi connectivity index (χ0v) is 13.4. The van der Waals surface area contributed by atoms with Crippen molar-refractivity contribution in [3.05, 3.63) is 65.2 Å². The Morgan fingerprint density at radius 3 is 1.86 bits per heavy atom. The molecule has 0 fully saturated rings. The number of para-hydroxylation sites is 1. The maximum atomic E-state index is 6.31. The second kappa shape index (κ2) is 5.39. The van der Waals surface area contributed by atoms with Crippen molar-refractivity contribution in [2.24, 2.45) is 0 Å². The summed E-state index contributed by atoms with van der Waals surface area (Å²) >= 11 is 0. The number of hydrogen-bond donors (Lipinski definition) is 4. The van der Waals surface area contributed by atoms with Gasteiger partial charge in [-0.25, -0.2) is 0 Å². The Morgan fingerprint density at radius 2 is 1.32 bits per heavy atom. The molecule has 2 aromatic carbocycles. The summed E-state index contributed by atoms with van der Waals surface area (Å²) in [7, 11) is 5.99. The van der Waals surface area contributed by atoms with Crippen LogP contribution in [0, 0.1) is 0 Å². The molecule has 116 valence electrons. The van der Waals surface area contributed by atoms with Crippen LogP contribution in [0.2, 0.25) is 0 Å². The molecule has 1 atom stereocenters. The molecule has 4 heteroatoms. The maximum Gasteiger partial charge on any atom is 0.0973 e. The van der Waals surface area contributed by atoms with Gasteiger partial charge in [0.25, 0.3) is 0 Å². The maximum absolute atomic E-state index is 6.31. The average Bonchev–Trinajstić information content (AvgIpc) is 2.87. The van der Waals surface area contributed by atoms with E-state index in [4.69, 9.17) is 5.73 Å². The van der Waals surface area contributed by atoms with Crippen molar-refractivity contribution < 1.29 is 0 Å². The van der Waals surface area contributed by atoms with Crippen molar-refractivity contribution in [3.63, 3.8) is 0 Å². The Morgan fingerprint density at radius 1 is 0.773 bits per heavy atom. The number of benzene rings is 2. The van der Waals surface area contributed by atoms with E-state index in [-0.39, 0.29) is 11.2 Å². The van der Waals surface area contributed by atoms with Gasteiger partial charge in [0.05, 0.1) is 11.2 Å². The Balaban J connectivity index is 2.29. The van der Waals surface area contributed by atoms with Crippen molar-refractivity contribution in [2.75, 3.05) is 26.9 Å². The van der Waals surface area contributed by atoms with Crippen LogP contribution in [0.5, 0.6) is 0 Å². The van der Waals surface area contributed by atoms with Crippen molar-refractivity contribution in [3.8, 4) is 0 Å². The molecule has 0 spiro atoms. The summed E-state index contributed by atoms with van der Waals surface area (Å²) < 4.78 is 0. The van der Waals surface area contributed by atoms with Crippen molar-refractivity contribution >= 4 is 5.69 Å². The Hall–Kier alpha value is -1.88. The summed E-state index contributed by atoms with van der Waals surface area (Å²) in [5, 5.41) is 10.5. The van der Waals surface area contributed by atoms with E-state index in [1.165, 1.54) is 11.1 Å². The van der Waals surface area contributed by atoms with E-state index in [1.807, 2.05) is 39.3 Å². The average molecular weight is 296 g/mol. The van der Waals surface area contributed by atoms with Crippen LogP contribution in [-0.4, -0.2) is 21.1 Å². The van der Waals surface area contributed by atoms with E-state index in [9.17, 15) is 0 Å². The predicted octanol–water partition coefficient (Wildman–Crippen LogP) is 1.73. The smallest absolute Gasteiger partial charge is 0.0973 e. The number of anilines is 1. The molecule has 0 saturated heterocycles. The van der Waals surface area contributed by atoms with Gasteiger partial charge in [-0.15, -0.1) is 0 Å². The van der Waals surface area contributed by atoms with Gasteiger partial charge in [0.2, 0.25) is 0 Å². The van der Waals surface area contributed by atoms with Gasteiger partial charge < -0.3 is 11.1 Å². The quantitative estimate of drug-likeness (QED) is 0.512. The van der Waals surface area contributed by atoms with E-state index in [2.05, 4.69) is 46.3 Å². The van der Waals surface area contributed by atoms with Crippen LogP contribution in [0.3, 0.4) is 0 Å².